The summed E-state index contributed by atoms with van der Waals surface area (Å²) < 4.78 is 12.3. The molecule has 0 saturated carbocycles. The summed E-state index contributed by atoms with van der Waals surface area (Å²) in [6, 6.07) is 3.62. The monoisotopic (exact) mass is 377 g/mol. The lowest BCUT2D eigenvalue weighted by molar-refractivity contribution is -0.931. The fourth-order valence-electron chi connectivity index (χ4n) is 3.63. The lowest BCUT2D eigenvalue weighted by Gasteiger charge is -2.32. The maximum atomic E-state index is 12.0. The molecule has 0 aromatic carbocycles. The van der Waals surface area contributed by atoms with Crippen LogP contribution >= 0.6 is 11.3 Å². The number of quaternary nitrogens is 1. The first-order valence-corrected chi connectivity index (χ1v) is 9.56. The molecular weight excluding hydrogens is 356 g/mol. The number of carbonyl (C=O) groups excluding carboxylic acids is 1. The molecule has 0 radical (unpaired) electrons. The molecule has 1 aliphatic rings. The third kappa shape index (κ3) is 2.97. The molecule has 0 aliphatic carbocycles. The second-order valence-electron chi connectivity index (χ2n) is 6.38. The van der Waals surface area contributed by atoms with Gasteiger partial charge in [0.1, 0.15) is 11.2 Å². The van der Waals surface area contributed by atoms with Crippen molar-refractivity contribution in [2.24, 2.45) is 5.92 Å². The minimum atomic E-state index is -0.151. The number of aromatic nitrogens is 3. The van der Waals surface area contributed by atoms with Crippen molar-refractivity contribution in [3.63, 3.8) is 0 Å². The molecule has 8 nitrogen and oxygen atoms in total. The minimum absolute atomic E-state index is 0.0492. The Balaban J connectivity index is 1.60. The van der Waals surface area contributed by atoms with Crippen LogP contribution in [-0.4, -0.2) is 45.4 Å². The van der Waals surface area contributed by atoms with Crippen LogP contribution in [0.2, 0.25) is 0 Å². The number of hydrogen-bond acceptors (Lipinski definition) is 7. The van der Waals surface area contributed by atoms with Gasteiger partial charge in [0.25, 0.3) is 0 Å². The van der Waals surface area contributed by atoms with E-state index in [0.717, 1.165) is 36.6 Å². The largest absolute Gasteiger partial charge is 0.492 e. The Bertz CT molecular complexity index is 880. The number of furan rings is 1. The number of fused-ring (bicyclic) bond motifs is 1. The van der Waals surface area contributed by atoms with Gasteiger partial charge in [-0.2, -0.15) is 9.61 Å². The smallest absolute Gasteiger partial charge is 0.309 e. The Morgan fingerprint density at radius 3 is 3.00 bits per heavy atom. The van der Waals surface area contributed by atoms with Gasteiger partial charge >= 0.3 is 5.97 Å². The molecule has 1 atom stereocenters. The maximum Gasteiger partial charge on any atom is 0.309 e. The van der Waals surface area contributed by atoms with Crippen LogP contribution in [0.5, 0.6) is 5.88 Å². The lowest BCUT2D eigenvalue weighted by atomic mass is 9.95. The SMILES string of the molecule is CCOC(=O)C1CC[NH+]([C@H](c2ccco2)c2sc3ncnn3c2O)CC1. The maximum absolute atomic E-state index is 12.0. The van der Waals surface area contributed by atoms with Crippen LogP contribution in [0.15, 0.2) is 29.1 Å². The van der Waals surface area contributed by atoms with E-state index in [2.05, 4.69) is 10.1 Å². The number of carbonyl (C=O) groups is 1. The summed E-state index contributed by atoms with van der Waals surface area (Å²) in [6.45, 7) is 3.83. The summed E-state index contributed by atoms with van der Waals surface area (Å²) in [5.74, 6) is 0.730. The van der Waals surface area contributed by atoms with Crippen molar-refractivity contribution in [1.82, 2.24) is 14.6 Å². The Morgan fingerprint density at radius 2 is 2.35 bits per heavy atom. The minimum Gasteiger partial charge on any atom is -0.492 e. The molecular formula is C17H21N4O4S+. The van der Waals surface area contributed by atoms with E-state index in [-0.39, 0.29) is 23.8 Å². The Morgan fingerprint density at radius 1 is 1.54 bits per heavy atom. The molecule has 4 rings (SSSR count). The molecule has 3 aromatic heterocycles. The van der Waals surface area contributed by atoms with Crippen LogP contribution in [-0.2, 0) is 9.53 Å². The number of rotatable bonds is 5. The van der Waals surface area contributed by atoms with Crippen LogP contribution in [0.3, 0.4) is 0 Å². The third-order valence-corrected chi connectivity index (χ3v) is 5.98. The molecule has 26 heavy (non-hydrogen) atoms. The van der Waals surface area contributed by atoms with Gasteiger partial charge in [-0.25, -0.2) is 4.98 Å². The summed E-state index contributed by atoms with van der Waals surface area (Å²) in [5.41, 5.74) is 0. The Labute approximate surface area is 154 Å². The van der Waals surface area contributed by atoms with Gasteiger partial charge in [-0.1, -0.05) is 11.3 Å². The number of thiazole rings is 1. The van der Waals surface area contributed by atoms with E-state index >= 15 is 0 Å². The highest BCUT2D eigenvalue weighted by Gasteiger charge is 2.38. The second kappa shape index (κ2) is 7.08. The van der Waals surface area contributed by atoms with Crippen molar-refractivity contribution in [3.05, 3.63) is 35.4 Å². The van der Waals surface area contributed by atoms with Crippen molar-refractivity contribution < 1.29 is 24.0 Å². The number of ether oxygens (including phenoxy) is 1. The van der Waals surface area contributed by atoms with Crippen molar-refractivity contribution >= 4 is 22.3 Å². The van der Waals surface area contributed by atoms with Crippen molar-refractivity contribution in [3.8, 4) is 5.88 Å². The van der Waals surface area contributed by atoms with Gasteiger partial charge in [0, 0.05) is 12.8 Å². The van der Waals surface area contributed by atoms with E-state index in [1.54, 1.807) is 6.26 Å². The standard InChI is InChI=1S/C17H20N4O4S/c1-2-24-16(23)11-5-7-20(8-6-11)13(12-4-3-9-25-12)14-15(22)21-17(26-14)18-10-19-21/h3-4,9-11,13,22H,2,5-8H2,1H3/p+1/t13-/m1/s1. The first kappa shape index (κ1) is 17.0. The quantitative estimate of drug-likeness (QED) is 0.645. The number of nitrogens with zero attached hydrogens (tertiary/aromatic N) is 3. The van der Waals surface area contributed by atoms with Gasteiger partial charge in [0.2, 0.25) is 10.8 Å². The molecule has 138 valence electrons. The van der Waals surface area contributed by atoms with E-state index in [9.17, 15) is 9.90 Å². The molecule has 9 heteroatoms. The number of nitrogens with one attached hydrogen (secondary N) is 1. The van der Waals surface area contributed by atoms with Crippen LogP contribution in [0.1, 0.15) is 36.4 Å². The zero-order chi connectivity index (χ0) is 18.1. The highest BCUT2D eigenvalue weighted by atomic mass is 32.1. The lowest BCUT2D eigenvalue weighted by Crippen LogP contribution is -3.13. The molecule has 0 spiro atoms. The Hall–Kier alpha value is -2.39. The molecule has 1 fully saturated rings. The molecule has 0 amide bonds. The summed E-state index contributed by atoms with van der Waals surface area (Å²) in [7, 11) is 0. The van der Waals surface area contributed by atoms with Crippen molar-refractivity contribution in [1.29, 1.82) is 0 Å². The second-order valence-corrected chi connectivity index (χ2v) is 7.39. The first-order chi connectivity index (χ1) is 12.7. The van der Waals surface area contributed by atoms with Gasteiger partial charge in [-0.05, 0) is 19.1 Å². The summed E-state index contributed by atoms with van der Waals surface area (Å²) in [4.78, 5) is 18.9. The van der Waals surface area contributed by atoms with Crippen LogP contribution in [0, 0.1) is 5.92 Å². The fraction of sp³-hybridized carbons (Fsp3) is 0.471. The molecule has 0 unspecified atom stereocenters. The van der Waals surface area contributed by atoms with Gasteiger partial charge in [-0.15, -0.1) is 0 Å². The summed E-state index contributed by atoms with van der Waals surface area (Å²) in [6.07, 6.45) is 4.58. The highest BCUT2D eigenvalue weighted by molar-refractivity contribution is 7.17. The predicted octanol–water partition coefficient (Wildman–Crippen LogP) is 1.04. The average molecular weight is 377 g/mol. The fourth-order valence-corrected chi connectivity index (χ4v) is 4.72. The molecule has 4 heterocycles. The summed E-state index contributed by atoms with van der Waals surface area (Å²) in [5, 5.41) is 14.7. The van der Waals surface area contributed by atoms with Gasteiger partial charge in [0.05, 0.1) is 31.9 Å². The van der Waals surface area contributed by atoms with Crippen LogP contribution < -0.4 is 4.90 Å². The molecule has 2 N–H and O–H groups in total. The highest BCUT2D eigenvalue weighted by Crippen LogP contribution is 2.35. The number of likely N-dealkylation sites (tertiary alicyclic amines) is 1. The van der Waals surface area contributed by atoms with Gasteiger partial charge in [0.15, 0.2) is 11.8 Å². The van der Waals surface area contributed by atoms with E-state index in [1.807, 2.05) is 19.1 Å². The van der Waals surface area contributed by atoms with E-state index in [4.69, 9.17) is 9.15 Å². The molecule has 0 bridgehead atoms. The van der Waals surface area contributed by atoms with Crippen molar-refractivity contribution in [2.45, 2.75) is 25.8 Å². The topological polar surface area (TPSA) is 94.3 Å². The van der Waals surface area contributed by atoms with Gasteiger partial charge in [-0.3, -0.25) is 4.79 Å². The van der Waals surface area contributed by atoms with E-state index < -0.39 is 0 Å². The summed E-state index contributed by atoms with van der Waals surface area (Å²) >= 11 is 1.41. The molecule has 1 aliphatic heterocycles. The Kier molecular flexibility index (Phi) is 4.64. The van der Waals surface area contributed by atoms with Crippen LogP contribution in [0.25, 0.3) is 4.96 Å². The van der Waals surface area contributed by atoms with Crippen LogP contribution in [0.4, 0.5) is 0 Å². The third-order valence-electron chi connectivity index (χ3n) is 4.88. The number of piperidine rings is 1. The van der Waals surface area contributed by atoms with Crippen molar-refractivity contribution in [2.75, 3.05) is 19.7 Å². The van der Waals surface area contributed by atoms with E-state index in [1.165, 1.54) is 27.1 Å². The zero-order valence-electron chi connectivity index (χ0n) is 14.4. The number of aromatic hydroxyl groups is 1. The average Bonchev–Trinajstić information content (AvgIpc) is 3.37. The zero-order valence-corrected chi connectivity index (χ0v) is 15.2. The molecule has 3 aromatic rings. The molecule has 1 saturated heterocycles. The van der Waals surface area contributed by atoms with Gasteiger partial charge < -0.3 is 19.2 Å². The number of esters is 1. The normalized spacial score (nSPS) is 21.7. The number of hydrogen-bond donors (Lipinski definition) is 2. The first-order valence-electron chi connectivity index (χ1n) is 8.75. The predicted molar refractivity (Wildman–Crippen MR) is 93.1 cm³/mol. The van der Waals surface area contributed by atoms with E-state index in [0.29, 0.717) is 11.6 Å².